The highest BCUT2D eigenvalue weighted by Gasteiger charge is 2.21. The van der Waals surface area contributed by atoms with Crippen molar-refractivity contribution in [2.45, 2.75) is 38.3 Å². The SMILES string of the molecule is CC(c1ccc(C(N)=O)cc1)n1ccn(C2CCc3ccccc3C2)c1=S. The van der Waals surface area contributed by atoms with Crippen LogP contribution >= 0.6 is 12.2 Å². The van der Waals surface area contributed by atoms with Crippen LogP contribution in [0.25, 0.3) is 0 Å². The third kappa shape index (κ3) is 3.35. The quantitative estimate of drug-likeness (QED) is 0.683. The first kappa shape index (κ1) is 17.7. The van der Waals surface area contributed by atoms with Crippen LogP contribution < -0.4 is 5.73 Å². The van der Waals surface area contributed by atoms with Gasteiger partial charge in [-0.1, -0.05) is 36.4 Å². The lowest BCUT2D eigenvalue weighted by Crippen LogP contribution is -2.19. The molecule has 1 aliphatic rings. The average Bonchev–Trinajstić information content (AvgIpc) is 3.08. The Morgan fingerprint density at radius 3 is 2.52 bits per heavy atom. The number of nitrogens with zero attached hydrogens (tertiary/aromatic N) is 2. The molecule has 2 N–H and O–H groups in total. The van der Waals surface area contributed by atoms with Gasteiger partial charge in [0, 0.05) is 24.0 Å². The van der Waals surface area contributed by atoms with Gasteiger partial charge in [-0.3, -0.25) is 4.79 Å². The Balaban J connectivity index is 1.59. The van der Waals surface area contributed by atoms with Crippen molar-refractivity contribution in [2.24, 2.45) is 5.73 Å². The number of carbonyl (C=O) groups excluding carboxylic acids is 1. The predicted octanol–water partition coefficient (Wildman–Crippen LogP) is 4.46. The van der Waals surface area contributed by atoms with Crippen molar-refractivity contribution in [3.63, 3.8) is 0 Å². The fourth-order valence-corrected chi connectivity index (χ4v) is 4.41. The number of primary amides is 1. The summed E-state index contributed by atoms with van der Waals surface area (Å²) in [5.74, 6) is -0.408. The van der Waals surface area contributed by atoms with Crippen LogP contribution in [0.1, 0.15) is 52.5 Å². The zero-order chi connectivity index (χ0) is 19.0. The Morgan fingerprint density at radius 2 is 1.81 bits per heavy atom. The highest BCUT2D eigenvalue weighted by atomic mass is 32.1. The molecule has 0 saturated heterocycles. The molecule has 2 atom stereocenters. The first-order valence-corrected chi connectivity index (χ1v) is 9.71. The van der Waals surface area contributed by atoms with Crippen molar-refractivity contribution in [3.8, 4) is 0 Å². The van der Waals surface area contributed by atoms with Crippen molar-refractivity contribution in [1.29, 1.82) is 0 Å². The third-order valence-corrected chi connectivity index (χ3v) is 6.06. The molecule has 0 bridgehead atoms. The molecule has 1 aromatic heterocycles. The van der Waals surface area contributed by atoms with Gasteiger partial charge in [-0.15, -0.1) is 0 Å². The maximum atomic E-state index is 11.3. The summed E-state index contributed by atoms with van der Waals surface area (Å²) in [5.41, 5.74) is 9.84. The van der Waals surface area contributed by atoms with E-state index in [1.165, 1.54) is 11.1 Å². The number of hydrogen-bond donors (Lipinski definition) is 1. The molecule has 0 aliphatic heterocycles. The second kappa shape index (κ2) is 7.16. The van der Waals surface area contributed by atoms with Gasteiger partial charge in [0.25, 0.3) is 0 Å². The minimum Gasteiger partial charge on any atom is -0.366 e. The van der Waals surface area contributed by atoms with Crippen molar-refractivity contribution >= 4 is 18.1 Å². The van der Waals surface area contributed by atoms with Crippen LogP contribution in [0.5, 0.6) is 0 Å². The van der Waals surface area contributed by atoms with E-state index in [2.05, 4.69) is 52.7 Å². The van der Waals surface area contributed by atoms with E-state index in [-0.39, 0.29) is 6.04 Å². The molecule has 0 radical (unpaired) electrons. The number of nitrogens with two attached hydrogens (primary N) is 1. The molecule has 2 aromatic carbocycles. The van der Waals surface area contributed by atoms with Gasteiger partial charge >= 0.3 is 0 Å². The Bertz CT molecular complexity index is 1030. The monoisotopic (exact) mass is 377 g/mol. The maximum Gasteiger partial charge on any atom is 0.248 e. The minimum atomic E-state index is -0.408. The number of rotatable bonds is 4. The number of fused-ring (bicyclic) bond motifs is 1. The van der Waals surface area contributed by atoms with Crippen LogP contribution in [-0.2, 0) is 12.8 Å². The number of carbonyl (C=O) groups is 1. The van der Waals surface area contributed by atoms with E-state index in [9.17, 15) is 4.79 Å². The summed E-state index contributed by atoms with van der Waals surface area (Å²) in [4.78, 5) is 11.3. The van der Waals surface area contributed by atoms with Gasteiger partial charge in [-0.25, -0.2) is 0 Å². The molecular weight excluding hydrogens is 354 g/mol. The lowest BCUT2D eigenvalue weighted by molar-refractivity contribution is 0.100. The second-order valence-electron chi connectivity index (χ2n) is 7.22. The molecule has 0 spiro atoms. The van der Waals surface area contributed by atoms with Crippen molar-refractivity contribution < 1.29 is 4.79 Å². The Hall–Kier alpha value is -2.66. The summed E-state index contributed by atoms with van der Waals surface area (Å²) in [6, 6.07) is 16.6. The van der Waals surface area contributed by atoms with Crippen LogP contribution in [0.3, 0.4) is 0 Å². The van der Waals surface area contributed by atoms with Gasteiger partial charge in [0.1, 0.15) is 0 Å². The summed E-state index contributed by atoms with van der Waals surface area (Å²) in [6.07, 6.45) is 7.40. The summed E-state index contributed by atoms with van der Waals surface area (Å²) >= 11 is 5.80. The molecule has 5 heteroatoms. The molecule has 2 unspecified atom stereocenters. The lowest BCUT2D eigenvalue weighted by atomic mass is 9.88. The molecule has 0 fully saturated rings. The van der Waals surface area contributed by atoms with Crippen LogP contribution in [0, 0.1) is 4.77 Å². The van der Waals surface area contributed by atoms with E-state index in [0.29, 0.717) is 11.6 Å². The Kier molecular flexibility index (Phi) is 4.70. The van der Waals surface area contributed by atoms with Gasteiger partial charge in [0.15, 0.2) is 4.77 Å². The van der Waals surface area contributed by atoms with Crippen LogP contribution in [0.2, 0.25) is 0 Å². The molecule has 4 nitrogen and oxygen atoms in total. The van der Waals surface area contributed by atoms with E-state index < -0.39 is 5.91 Å². The standard InChI is InChI=1S/C22H23N3OS/c1-15(16-6-8-18(9-7-16)21(23)26)24-12-13-25(22(24)27)20-11-10-17-4-2-3-5-19(17)14-20/h2-9,12-13,15,20H,10-11,14H2,1H3,(H2,23,26). The summed E-state index contributed by atoms with van der Waals surface area (Å²) in [6.45, 7) is 2.12. The lowest BCUT2D eigenvalue weighted by Gasteiger charge is -2.26. The number of hydrogen-bond acceptors (Lipinski definition) is 2. The molecule has 3 aromatic rings. The zero-order valence-corrected chi connectivity index (χ0v) is 16.2. The van der Waals surface area contributed by atoms with Crippen LogP contribution in [0.4, 0.5) is 0 Å². The van der Waals surface area contributed by atoms with E-state index in [4.69, 9.17) is 18.0 Å². The highest BCUT2D eigenvalue weighted by Crippen LogP contribution is 2.30. The summed E-state index contributed by atoms with van der Waals surface area (Å²) in [5, 5.41) is 0. The Morgan fingerprint density at radius 1 is 1.11 bits per heavy atom. The fourth-order valence-electron chi connectivity index (χ4n) is 3.98. The molecule has 0 saturated carbocycles. The smallest absolute Gasteiger partial charge is 0.248 e. The number of aromatic nitrogens is 2. The van der Waals surface area contributed by atoms with Crippen molar-refractivity contribution in [3.05, 3.63) is 87.9 Å². The average molecular weight is 378 g/mol. The van der Waals surface area contributed by atoms with Gasteiger partial charge in [-0.05, 0) is 67.2 Å². The number of amides is 1. The summed E-state index contributed by atoms with van der Waals surface area (Å²) < 4.78 is 5.19. The van der Waals surface area contributed by atoms with E-state index in [1.807, 2.05) is 12.1 Å². The van der Waals surface area contributed by atoms with E-state index in [0.717, 1.165) is 29.6 Å². The Labute approximate surface area is 164 Å². The van der Waals surface area contributed by atoms with Gasteiger partial charge < -0.3 is 14.9 Å². The minimum absolute atomic E-state index is 0.0940. The van der Waals surface area contributed by atoms with Gasteiger partial charge in [0.2, 0.25) is 5.91 Å². The fraction of sp³-hybridized carbons (Fsp3) is 0.273. The number of benzene rings is 2. The third-order valence-electron chi connectivity index (χ3n) is 5.64. The number of aryl methyl sites for hydroxylation is 1. The number of imidazole rings is 1. The zero-order valence-electron chi connectivity index (χ0n) is 15.3. The molecule has 1 aliphatic carbocycles. The second-order valence-corrected chi connectivity index (χ2v) is 7.59. The first-order valence-electron chi connectivity index (χ1n) is 9.30. The molecule has 27 heavy (non-hydrogen) atoms. The van der Waals surface area contributed by atoms with E-state index in [1.54, 1.807) is 12.1 Å². The normalized spacial score (nSPS) is 17.3. The highest BCUT2D eigenvalue weighted by molar-refractivity contribution is 7.71. The van der Waals surface area contributed by atoms with Crippen LogP contribution in [-0.4, -0.2) is 15.0 Å². The van der Waals surface area contributed by atoms with Gasteiger partial charge in [-0.2, -0.15) is 0 Å². The van der Waals surface area contributed by atoms with Gasteiger partial charge in [0.05, 0.1) is 6.04 Å². The molecule has 1 amide bonds. The van der Waals surface area contributed by atoms with Crippen molar-refractivity contribution in [2.75, 3.05) is 0 Å². The summed E-state index contributed by atoms with van der Waals surface area (Å²) in [7, 11) is 0. The van der Waals surface area contributed by atoms with Crippen molar-refractivity contribution in [1.82, 2.24) is 9.13 Å². The predicted molar refractivity (Wildman–Crippen MR) is 110 cm³/mol. The topological polar surface area (TPSA) is 53.0 Å². The molecule has 138 valence electrons. The molecule has 1 heterocycles. The largest absolute Gasteiger partial charge is 0.366 e. The van der Waals surface area contributed by atoms with Crippen LogP contribution in [0.15, 0.2) is 60.9 Å². The maximum absolute atomic E-state index is 11.3. The van der Waals surface area contributed by atoms with E-state index >= 15 is 0 Å². The molecular formula is C22H23N3OS. The first-order chi connectivity index (χ1) is 13.0. The molecule has 4 rings (SSSR count).